The van der Waals surface area contributed by atoms with E-state index in [1.54, 1.807) is 42.7 Å². The Labute approximate surface area is 158 Å². The topological polar surface area (TPSA) is 66.0 Å². The molecular weight excluding hydrogens is 366 g/mol. The van der Waals surface area contributed by atoms with E-state index in [0.29, 0.717) is 17.8 Å². The third-order valence-electron chi connectivity index (χ3n) is 4.73. The molecule has 6 nitrogen and oxygen atoms in total. The van der Waals surface area contributed by atoms with Crippen molar-refractivity contribution in [1.29, 1.82) is 0 Å². The van der Waals surface area contributed by atoms with Crippen molar-refractivity contribution in [2.75, 3.05) is 0 Å². The molecule has 0 amide bonds. The second kappa shape index (κ2) is 6.65. The second-order valence-corrected chi connectivity index (χ2v) is 6.42. The average Bonchev–Trinajstić information content (AvgIpc) is 3.35. The molecule has 0 saturated carbocycles. The number of hydrogen-bond acceptors (Lipinski definition) is 5. The Morgan fingerprint density at radius 2 is 1.79 bits per heavy atom. The van der Waals surface area contributed by atoms with Crippen LogP contribution in [-0.4, -0.2) is 19.7 Å². The fourth-order valence-corrected chi connectivity index (χ4v) is 3.30. The molecule has 0 radical (unpaired) electrons. The van der Waals surface area contributed by atoms with Crippen LogP contribution in [0.25, 0.3) is 23.0 Å². The predicted octanol–water partition coefficient (Wildman–Crippen LogP) is 4.15. The van der Waals surface area contributed by atoms with Crippen LogP contribution in [0.5, 0.6) is 0 Å². The van der Waals surface area contributed by atoms with Gasteiger partial charge in [0, 0.05) is 5.56 Å². The zero-order valence-electron chi connectivity index (χ0n) is 14.5. The summed E-state index contributed by atoms with van der Waals surface area (Å²) in [6.07, 6.45) is 1.22. The van der Waals surface area contributed by atoms with E-state index in [1.807, 2.05) is 4.57 Å². The van der Waals surface area contributed by atoms with Crippen LogP contribution in [0.3, 0.4) is 0 Å². The van der Waals surface area contributed by atoms with Gasteiger partial charge in [0.05, 0.1) is 30.7 Å². The number of aromatic nitrogens is 4. The van der Waals surface area contributed by atoms with Crippen LogP contribution in [0.2, 0.25) is 0 Å². The van der Waals surface area contributed by atoms with Gasteiger partial charge in [-0.1, -0.05) is 35.5 Å². The summed E-state index contributed by atoms with van der Waals surface area (Å²) in [4.78, 5) is 8.62. The highest BCUT2D eigenvalue weighted by atomic mass is 19.1. The van der Waals surface area contributed by atoms with Gasteiger partial charge in [0.2, 0.25) is 5.82 Å². The van der Waals surface area contributed by atoms with Crippen molar-refractivity contribution in [3.8, 4) is 23.0 Å². The molecule has 0 unspecified atom stereocenters. The number of fused-ring (bicyclic) bond motifs is 1. The van der Waals surface area contributed by atoms with E-state index < -0.39 is 11.9 Å². The first kappa shape index (κ1) is 16.8. The smallest absolute Gasteiger partial charge is 0.278 e. The van der Waals surface area contributed by atoms with Gasteiger partial charge in [0.25, 0.3) is 5.89 Å². The average molecular weight is 380 g/mol. The normalized spacial score (nSPS) is 16.1. The van der Waals surface area contributed by atoms with Crippen molar-refractivity contribution in [2.45, 2.75) is 19.3 Å². The van der Waals surface area contributed by atoms with Crippen molar-refractivity contribution < 1.29 is 18.0 Å². The SMILES string of the molecule is Fc1ccccc1-c1noc(-c2ncn3c2CO[C@H](c2ccccc2F)C3)n1. The van der Waals surface area contributed by atoms with E-state index in [4.69, 9.17) is 9.26 Å². The van der Waals surface area contributed by atoms with Gasteiger partial charge >= 0.3 is 0 Å². The maximum Gasteiger partial charge on any atom is 0.278 e. The zero-order chi connectivity index (χ0) is 19.1. The van der Waals surface area contributed by atoms with Crippen molar-refractivity contribution in [2.24, 2.45) is 0 Å². The van der Waals surface area contributed by atoms with E-state index in [1.165, 1.54) is 12.1 Å². The molecule has 2 aromatic carbocycles. The number of hydrogen-bond donors (Lipinski definition) is 0. The van der Waals surface area contributed by atoms with Crippen LogP contribution in [0.4, 0.5) is 8.78 Å². The van der Waals surface area contributed by atoms with E-state index in [2.05, 4.69) is 15.1 Å². The number of nitrogens with zero attached hydrogens (tertiary/aromatic N) is 4. The Morgan fingerprint density at radius 3 is 2.61 bits per heavy atom. The molecule has 4 aromatic rings. The van der Waals surface area contributed by atoms with Crippen molar-refractivity contribution >= 4 is 0 Å². The van der Waals surface area contributed by atoms with E-state index in [-0.39, 0.29) is 29.7 Å². The summed E-state index contributed by atoms with van der Waals surface area (Å²) in [5.41, 5.74) is 1.97. The standard InChI is InChI=1S/C20H14F2N4O2/c21-14-7-3-1-5-12(14)17-9-26-11-23-18(16(26)10-27-17)20-24-19(25-28-20)13-6-2-4-8-15(13)22/h1-8,11,17H,9-10H2/t17-/m0/s1. The number of rotatable bonds is 3. The Kier molecular flexibility index (Phi) is 3.98. The molecule has 5 rings (SSSR count). The summed E-state index contributed by atoms with van der Waals surface area (Å²) in [6.45, 7) is 0.628. The summed E-state index contributed by atoms with van der Waals surface area (Å²) >= 11 is 0. The first-order valence-electron chi connectivity index (χ1n) is 8.69. The lowest BCUT2D eigenvalue weighted by atomic mass is 10.1. The molecule has 1 aliphatic rings. The van der Waals surface area contributed by atoms with Crippen molar-refractivity contribution in [3.05, 3.63) is 77.8 Å². The Bertz CT molecular complexity index is 1150. The van der Waals surface area contributed by atoms with Gasteiger partial charge in [-0.25, -0.2) is 13.8 Å². The molecule has 0 bridgehead atoms. The van der Waals surface area contributed by atoms with Crippen LogP contribution in [0, 0.1) is 11.6 Å². The molecule has 0 spiro atoms. The molecule has 0 aliphatic carbocycles. The number of benzene rings is 2. The van der Waals surface area contributed by atoms with E-state index >= 15 is 0 Å². The molecule has 2 aromatic heterocycles. The molecule has 0 N–H and O–H groups in total. The third kappa shape index (κ3) is 2.78. The third-order valence-corrected chi connectivity index (χ3v) is 4.73. The number of ether oxygens (including phenoxy) is 1. The molecule has 1 atom stereocenters. The van der Waals surface area contributed by atoms with Crippen LogP contribution in [0.15, 0.2) is 59.4 Å². The molecule has 0 saturated heterocycles. The molecule has 1 aliphatic heterocycles. The minimum atomic E-state index is -0.433. The minimum Gasteiger partial charge on any atom is -0.365 e. The van der Waals surface area contributed by atoms with Gasteiger partial charge in [0.1, 0.15) is 17.7 Å². The highest BCUT2D eigenvalue weighted by Gasteiger charge is 2.28. The summed E-state index contributed by atoms with van der Waals surface area (Å²) < 4.78 is 41.0. The quantitative estimate of drug-likeness (QED) is 0.534. The lowest BCUT2D eigenvalue weighted by Crippen LogP contribution is -2.21. The Hall–Kier alpha value is -3.39. The van der Waals surface area contributed by atoms with Crippen LogP contribution in [0.1, 0.15) is 17.4 Å². The van der Waals surface area contributed by atoms with Crippen LogP contribution >= 0.6 is 0 Å². The Morgan fingerprint density at radius 1 is 1.00 bits per heavy atom. The number of imidazole rings is 1. The second-order valence-electron chi connectivity index (χ2n) is 6.42. The number of halogens is 2. The lowest BCUT2D eigenvalue weighted by Gasteiger charge is -2.25. The van der Waals surface area contributed by atoms with Gasteiger partial charge in [0.15, 0.2) is 5.69 Å². The molecule has 140 valence electrons. The van der Waals surface area contributed by atoms with Crippen molar-refractivity contribution in [1.82, 2.24) is 19.7 Å². The molecule has 28 heavy (non-hydrogen) atoms. The highest BCUT2D eigenvalue weighted by Crippen LogP contribution is 2.32. The van der Waals surface area contributed by atoms with E-state index in [9.17, 15) is 8.78 Å². The van der Waals surface area contributed by atoms with Crippen molar-refractivity contribution in [3.63, 3.8) is 0 Å². The minimum absolute atomic E-state index is 0.149. The van der Waals surface area contributed by atoms with Gasteiger partial charge < -0.3 is 13.8 Å². The zero-order valence-corrected chi connectivity index (χ0v) is 14.5. The Balaban J connectivity index is 1.45. The first-order chi connectivity index (χ1) is 13.7. The maximum atomic E-state index is 14.0. The predicted molar refractivity (Wildman–Crippen MR) is 94.8 cm³/mol. The first-order valence-corrected chi connectivity index (χ1v) is 8.69. The van der Waals surface area contributed by atoms with E-state index in [0.717, 1.165) is 5.69 Å². The fraction of sp³-hybridized carbons (Fsp3) is 0.150. The molecular formula is C20H14F2N4O2. The van der Waals surface area contributed by atoms with Gasteiger partial charge in [-0.2, -0.15) is 4.98 Å². The molecule has 0 fully saturated rings. The van der Waals surface area contributed by atoms with Crippen LogP contribution in [-0.2, 0) is 17.9 Å². The lowest BCUT2D eigenvalue weighted by molar-refractivity contribution is 0.00126. The van der Waals surface area contributed by atoms with Gasteiger partial charge in [-0.05, 0) is 18.2 Å². The highest BCUT2D eigenvalue weighted by molar-refractivity contribution is 5.59. The van der Waals surface area contributed by atoms with Crippen LogP contribution < -0.4 is 0 Å². The van der Waals surface area contributed by atoms with Gasteiger partial charge in [-0.15, -0.1) is 0 Å². The maximum absolute atomic E-state index is 14.0. The fourth-order valence-electron chi connectivity index (χ4n) is 3.30. The molecule has 3 heterocycles. The largest absolute Gasteiger partial charge is 0.365 e. The summed E-state index contributed by atoms with van der Waals surface area (Å²) in [7, 11) is 0. The van der Waals surface area contributed by atoms with Gasteiger partial charge in [-0.3, -0.25) is 0 Å². The summed E-state index contributed by atoms with van der Waals surface area (Å²) in [6, 6.07) is 12.7. The summed E-state index contributed by atoms with van der Waals surface area (Å²) in [5.74, 6) is -0.406. The summed E-state index contributed by atoms with van der Waals surface area (Å²) in [5, 5.41) is 3.86. The molecule has 8 heteroatoms. The monoisotopic (exact) mass is 380 g/mol.